The summed E-state index contributed by atoms with van der Waals surface area (Å²) < 4.78 is 108. The summed E-state index contributed by atoms with van der Waals surface area (Å²) in [5, 5.41) is 0.366. The van der Waals surface area contributed by atoms with Crippen molar-refractivity contribution in [3.05, 3.63) is 169 Å². The molecule has 0 atom stereocenters. The predicted molar refractivity (Wildman–Crippen MR) is 176 cm³/mol. The molecule has 0 radical (unpaired) electrons. The van der Waals surface area contributed by atoms with E-state index in [4.69, 9.17) is 15.7 Å². The minimum absolute atomic E-state index is 0.222. The lowest BCUT2D eigenvalue weighted by molar-refractivity contribution is 0.485. The molecule has 0 aliphatic heterocycles. The Hall–Kier alpha value is -4.42. The van der Waals surface area contributed by atoms with Crippen molar-refractivity contribution < 1.29 is 24.8 Å². The van der Waals surface area contributed by atoms with Crippen LogP contribution in [0.4, 0.5) is 0 Å². The van der Waals surface area contributed by atoms with Crippen LogP contribution in [-0.2, 0) is 9.13 Å². The molecular formula is C37H30O3P2. The summed E-state index contributed by atoms with van der Waals surface area (Å²) in [5.41, 5.74) is -0.222. The Morgan fingerprint density at radius 2 is 0.929 bits per heavy atom. The Balaban J connectivity index is 1.78. The number of hydrogen-bond acceptors (Lipinski definition) is 3. The van der Waals surface area contributed by atoms with Gasteiger partial charge in [-0.05, 0) is 30.6 Å². The summed E-state index contributed by atoms with van der Waals surface area (Å²) in [7, 11) is -8.33. The second-order valence-corrected chi connectivity index (χ2v) is 14.8. The van der Waals surface area contributed by atoms with Gasteiger partial charge in [-0.1, -0.05) is 145 Å². The van der Waals surface area contributed by atoms with Crippen molar-refractivity contribution in [1.82, 2.24) is 0 Å². The maximum atomic E-state index is 15.8. The number of ether oxygens (including phenoxy) is 1. The van der Waals surface area contributed by atoms with Gasteiger partial charge in [-0.2, -0.15) is 0 Å². The highest BCUT2D eigenvalue weighted by Crippen LogP contribution is 2.49. The highest BCUT2D eigenvalue weighted by atomic mass is 31.2. The first-order valence-electron chi connectivity index (χ1n) is 17.3. The molecule has 0 unspecified atom stereocenters. The second-order valence-electron chi connectivity index (χ2n) is 9.37. The van der Waals surface area contributed by atoms with E-state index in [2.05, 4.69) is 0 Å². The first-order chi connectivity index (χ1) is 24.0. The number of rotatable bonds is 8. The molecule has 0 aliphatic carbocycles. The molecule has 0 fully saturated rings. The van der Waals surface area contributed by atoms with Gasteiger partial charge in [-0.3, -0.25) is 0 Å². The SMILES string of the molecule is [2H]Cc1c([2H])c([2H])c([2H])c(P(=O)(c2ccccc2)c2ccccc2)c1Oc1c([2H])c([2H])c([2H])c([2H])c1P(=O)(c1ccccc1)c1ccccc1. The Bertz CT molecular complexity index is 2220. The van der Waals surface area contributed by atoms with Crippen LogP contribution in [0.1, 0.15) is 16.5 Å². The van der Waals surface area contributed by atoms with E-state index in [0.29, 0.717) is 0 Å². The van der Waals surface area contributed by atoms with Gasteiger partial charge in [0.15, 0.2) is 14.3 Å². The fraction of sp³-hybridized carbons (Fsp3) is 0.0270. The van der Waals surface area contributed by atoms with Crippen molar-refractivity contribution in [1.29, 1.82) is 0 Å². The van der Waals surface area contributed by atoms with E-state index in [-0.39, 0.29) is 37.4 Å². The second kappa shape index (κ2) is 11.8. The third-order valence-corrected chi connectivity index (χ3v) is 12.8. The van der Waals surface area contributed by atoms with E-state index >= 15 is 9.13 Å². The number of para-hydroxylation sites is 2. The minimum Gasteiger partial charge on any atom is -0.455 e. The van der Waals surface area contributed by atoms with Crippen LogP contribution in [0.2, 0.25) is 0 Å². The van der Waals surface area contributed by atoms with Gasteiger partial charge in [0.05, 0.1) is 20.2 Å². The zero-order valence-corrected chi connectivity index (χ0v) is 24.2. The molecule has 42 heavy (non-hydrogen) atoms. The Kier molecular flexibility index (Phi) is 5.53. The van der Waals surface area contributed by atoms with Crippen molar-refractivity contribution in [2.24, 2.45) is 0 Å². The Morgan fingerprint density at radius 1 is 0.524 bits per heavy atom. The van der Waals surface area contributed by atoms with Gasteiger partial charge in [-0.25, -0.2) is 0 Å². The molecule has 0 spiro atoms. The molecule has 0 aliphatic rings. The summed E-state index contributed by atoms with van der Waals surface area (Å²) in [4.78, 5) is 0. The van der Waals surface area contributed by atoms with E-state index in [9.17, 15) is 0 Å². The van der Waals surface area contributed by atoms with Gasteiger partial charge in [0, 0.05) is 22.6 Å². The van der Waals surface area contributed by atoms with Crippen LogP contribution >= 0.6 is 14.3 Å². The molecule has 3 nitrogen and oxygen atoms in total. The van der Waals surface area contributed by atoms with E-state index < -0.39 is 75.0 Å². The van der Waals surface area contributed by atoms with Gasteiger partial charge in [0.25, 0.3) is 0 Å². The molecule has 6 aromatic carbocycles. The van der Waals surface area contributed by atoms with Crippen LogP contribution < -0.4 is 36.6 Å². The highest BCUT2D eigenvalue weighted by molar-refractivity contribution is 7.86. The van der Waals surface area contributed by atoms with E-state index in [0.717, 1.165) is 0 Å². The maximum absolute atomic E-state index is 15.8. The van der Waals surface area contributed by atoms with E-state index in [1.54, 1.807) is 121 Å². The number of benzene rings is 6. The first-order valence-corrected chi connectivity index (χ1v) is 16.5. The van der Waals surface area contributed by atoms with Gasteiger partial charge < -0.3 is 13.9 Å². The molecular weight excluding hydrogens is 554 g/mol. The fourth-order valence-corrected chi connectivity index (χ4v) is 10.1. The maximum Gasteiger partial charge on any atom is 0.174 e. The summed E-state index contributed by atoms with van der Waals surface area (Å²) in [6.07, 6.45) is 0. The predicted octanol–water partition coefficient (Wildman–Crippen LogP) is 7.07. The number of hydrogen-bond donors (Lipinski definition) is 0. The first kappa shape index (κ1) is 19.7. The topological polar surface area (TPSA) is 43.4 Å². The molecule has 0 amide bonds. The molecule has 6 rings (SSSR count). The summed E-state index contributed by atoms with van der Waals surface area (Å²) in [5.74, 6) is -0.992. The highest BCUT2D eigenvalue weighted by Gasteiger charge is 2.36. The quantitative estimate of drug-likeness (QED) is 0.178. The van der Waals surface area contributed by atoms with E-state index in [1.807, 2.05) is 0 Å². The fourth-order valence-electron chi connectivity index (χ4n) is 4.81. The zero-order valence-electron chi connectivity index (χ0n) is 30.4. The average Bonchev–Trinajstić information content (AvgIpc) is 3.16. The molecule has 0 saturated heterocycles. The molecule has 6 aromatic rings. The van der Waals surface area contributed by atoms with Crippen LogP contribution in [0.3, 0.4) is 0 Å². The van der Waals surface area contributed by atoms with Crippen molar-refractivity contribution in [3.63, 3.8) is 0 Å². The third-order valence-electron chi connectivity index (χ3n) is 6.83. The lowest BCUT2D eigenvalue weighted by Crippen LogP contribution is -2.28. The lowest BCUT2D eigenvalue weighted by Gasteiger charge is -2.26. The van der Waals surface area contributed by atoms with Crippen molar-refractivity contribution >= 4 is 46.1 Å². The zero-order chi connectivity index (χ0) is 35.8. The largest absolute Gasteiger partial charge is 0.455 e. The van der Waals surface area contributed by atoms with Gasteiger partial charge in [0.2, 0.25) is 0 Å². The van der Waals surface area contributed by atoms with Crippen molar-refractivity contribution in [2.75, 3.05) is 0 Å². The van der Waals surface area contributed by atoms with Gasteiger partial charge in [0.1, 0.15) is 11.5 Å². The van der Waals surface area contributed by atoms with Crippen LogP contribution in [-0.4, -0.2) is 0 Å². The van der Waals surface area contributed by atoms with Crippen LogP contribution in [0.25, 0.3) is 0 Å². The minimum atomic E-state index is -4.17. The normalized spacial score (nSPS) is 14.3. The molecule has 0 N–H and O–H groups in total. The Morgan fingerprint density at radius 3 is 1.38 bits per heavy atom. The lowest BCUT2D eigenvalue weighted by atomic mass is 10.2. The van der Waals surface area contributed by atoms with Crippen molar-refractivity contribution in [3.8, 4) is 11.5 Å². The molecule has 5 heteroatoms. The molecule has 0 aromatic heterocycles. The van der Waals surface area contributed by atoms with Gasteiger partial charge in [-0.15, -0.1) is 0 Å². The average molecular weight is 593 g/mol. The van der Waals surface area contributed by atoms with Crippen molar-refractivity contribution in [2.45, 2.75) is 6.90 Å². The molecule has 0 bridgehead atoms. The Labute approximate surface area is 258 Å². The summed E-state index contributed by atoms with van der Waals surface area (Å²) in [6.45, 7) is -0.660. The van der Waals surface area contributed by atoms with Crippen LogP contribution in [0.15, 0.2) is 164 Å². The summed E-state index contributed by atoms with van der Waals surface area (Å²) in [6, 6.07) is 28.6. The monoisotopic (exact) mass is 592 g/mol. The smallest absolute Gasteiger partial charge is 0.174 e. The molecule has 206 valence electrons. The van der Waals surface area contributed by atoms with Crippen LogP contribution in [0.5, 0.6) is 11.5 Å². The van der Waals surface area contributed by atoms with Gasteiger partial charge >= 0.3 is 0 Å². The van der Waals surface area contributed by atoms with Crippen LogP contribution in [0, 0.1) is 6.90 Å². The third kappa shape index (κ3) is 4.96. The standard InChI is InChI=1S/C37H30O3P2/c1-29-17-16-28-36(42(39,32-22-10-4-11-23-32)33-24-12-5-13-25-33)37(29)40-34-26-14-15-27-35(34)41(38,30-18-6-2-7-19-30)31-20-8-3-9-21-31/h2-28H,1H3/i1D,14D,15D,16D,17D,26D,27D,28D. The summed E-state index contributed by atoms with van der Waals surface area (Å²) >= 11 is 0. The molecule has 0 saturated carbocycles. The molecule has 0 heterocycles. The van der Waals surface area contributed by atoms with E-state index in [1.165, 1.54) is 0 Å².